The smallest absolute Gasteiger partial charge is 0.410 e. The summed E-state index contributed by atoms with van der Waals surface area (Å²) in [7, 11) is 0. The van der Waals surface area contributed by atoms with Crippen LogP contribution in [0.3, 0.4) is 0 Å². The van der Waals surface area contributed by atoms with Crippen molar-refractivity contribution in [2.75, 3.05) is 46.6 Å². The molecular weight excluding hydrogens is 1050 g/mol. The zero-order valence-corrected chi connectivity index (χ0v) is 43.4. The molecule has 4 atom stereocenters. The standard InChI is InChI=1S/2C25H26ClF3N6O3/c2*1-25(2,3)38-24(36)35-11-13-4-5-14(35)10-34(13)18-9-7-16-21(33-18)22(31-12-30-16)32-15-6-8-17(37-23(28)29)19(26)20(15)27/h2*6-9,12-14,23H,4-5,10-11H2,1-3H3,(H,30,31,32)/t13?,14-;/m1./s1. The van der Waals surface area contributed by atoms with E-state index in [-0.39, 0.29) is 59.4 Å². The lowest BCUT2D eigenvalue weighted by molar-refractivity contribution is -0.0506. The van der Waals surface area contributed by atoms with Crippen LogP contribution in [-0.2, 0) is 9.47 Å². The van der Waals surface area contributed by atoms with Gasteiger partial charge in [-0.15, -0.1) is 0 Å². The van der Waals surface area contributed by atoms with Crippen LogP contribution in [0.15, 0.2) is 61.2 Å². The summed E-state index contributed by atoms with van der Waals surface area (Å²) in [6.45, 7) is 7.02. The molecule has 2 aromatic carbocycles. The zero-order chi connectivity index (χ0) is 54.4. The summed E-state index contributed by atoms with van der Waals surface area (Å²) in [5.74, 6) is -1.11. The highest BCUT2D eigenvalue weighted by Gasteiger charge is 2.44. The number of hydrogen-bond donors (Lipinski definition) is 2. The topological polar surface area (TPSA) is 185 Å². The van der Waals surface area contributed by atoms with Gasteiger partial charge in [-0.05, 0) is 116 Å². The van der Waals surface area contributed by atoms with Gasteiger partial charge in [-0.3, -0.25) is 0 Å². The molecule has 26 heteroatoms. The zero-order valence-electron chi connectivity index (χ0n) is 41.8. The summed E-state index contributed by atoms with van der Waals surface area (Å²) in [5, 5.41) is 4.52. The lowest BCUT2D eigenvalue weighted by Crippen LogP contribution is -2.64. The number of anilines is 6. The molecule has 12 rings (SSSR count). The maximum Gasteiger partial charge on any atom is 0.410 e. The van der Waals surface area contributed by atoms with Crippen LogP contribution >= 0.6 is 23.2 Å². The van der Waals surface area contributed by atoms with Gasteiger partial charge in [-0.1, -0.05) is 23.2 Å². The minimum atomic E-state index is -3.14. The Morgan fingerprint density at radius 3 is 1.29 bits per heavy atom. The van der Waals surface area contributed by atoms with Crippen LogP contribution in [-0.4, -0.2) is 127 Å². The SMILES string of the molecule is CC(C)(C)OC(=O)N1CC2CCC1CN2c1ccc2ncnc(Nc3ccc(OC(F)F)c(Cl)c3F)c2n1.CC(C)(C)OC(=O)N1CC2CC[C@@H]1CN2c1ccc2ncnc(Nc3ccc(OC(F)F)c(Cl)c3F)c2n1. The van der Waals surface area contributed by atoms with Crippen molar-refractivity contribution in [1.82, 2.24) is 39.7 Å². The predicted molar refractivity (Wildman–Crippen MR) is 272 cm³/mol. The van der Waals surface area contributed by atoms with E-state index in [1.54, 1.807) is 21.9 Å². The van der Waals surface area contributed by atoms with Gasteiger partial charge in [0.1, 0.15) is 68.1 Å². The quantitative estimate of drug-likeness (QED) is 0.123. The van der Waals surface area contributed by atoms with Gasteiger partial charge in [-0.2, -0.15) is 17.6 Å². The number of fused-ring (bicyclic) bond motifs is 8. The maximum absolute atomic E-state index is 14.8. The first-order chi connectivity index (χ1) is 36.0. The van der Waals surface area contributed by atoms with Gasteiger partial charge in [0.2, 0.25) is 0 Å². The number of nitrogens with zero attached hydrogens (tertiary/aromatic N) is 10. The predicted octanol–water partition coefficient (Wildman–Crippen LogP) is 11.5. The molecule has 4 bridgehead atoms. The molecule has 2 N–H and O–H groups in total. The first-order valence-corrected chi connectivity index (χ1v) is 24.9. The molecule has 76 heavy (non-hydrogen) atoms. The van der Waals surface area contributed by atoms with Crippen molar-refractivity contribution in [2.45, 2.75) is 116 Å². The molecule has 2 amide bonds. The average molecular weight is 1100 g/mol. The minimum absolute atomic E-state index is 0.0119. The summed E-state index contributed by atoms with van der Waals surface area (Å²) in [6, 6.07) is 12.1. The Kier molecular flexibility index (Phi) is 15.2. The normalized spacial score (nSPS) is 19.3. The Morgan fingerprint density at radius 1 is 0.566 bits per heavy atom. The van der Waals surface area contributed by atoms with Crippen molar-refractivity contribution in [1.29, 1.82) is 0 Å². The van der Waals surface area contributed by atoms with Gasteiger partial charge in [0.15, 0.2) is 23.3 Å². The monoisotopic (exact) mass is 1100 g/mol. The Bertz CT molecular complexity index is 2950. The highest BCUT2D eigenvalue weighted by molar-refractivity contribution is 6.33. The Morgan fingerprint density at radius 2 is 0.947 bits per heavy atom. The van der Waals surface area contributed by atoms with Gasteiger partial charge < -0.3 is 49.2 Å². The average Bonchev–Trinajstić information content (AvgIpc) is 3.39. The number of carbonyl (C=O) groups excluding carboxylic acids is 2. The highest BCUT2D eigenvalue weighted by atomic mass is 35.5. The van der Waals surface area contributed by atoms with Gasteiger partial charge in [0.25, 0.3) is 0 Å². The number of piperidine rings is 4. The van der Waals surface area contributed by atoms with Crippen molar-refractivity contribution >= 4 is 92.1 Å². The molecule has 3 unspecified atom stereocenters. The molecule has 0 spiro atoms. The lowest BCUT2D eigenvalue weighted by Gasteiger charge is -2.51. The molecule has 6 aliphatic heterocycles. The molecular formula is C50H52Cl2F6N12O6. The molecule has 18 nitrogen and oxygen atoms in total. The first-order valence-electron chi connectivity index (χ1n) is 24.2. The second kappa shape index (κ2) is 21.5. The molecule has 10 heterocycles. The lowest BCUT2D eigenvalue weighted by atomic mass is 9.91. The number of aromatic nitrogens is 6. The van der Waals surface area contributed by atoms with Gasteiger partial charge >= 0.3 is 25.4 Å². The van der Waals surface area contributed by atoms with E-state index in [1.807, 2.05) is 53.7 Å². The van der Waals surface area contributed by atoms with E-state index in [1.165, 1.54) is 24.8 Å². The number of piperazine rings is 2. The van der Waals surface area contributed by atoms with Crippen LogP contribution in [0.4, 0.5) is 70.6 Å². The Hall–Kier alpha value is -7.08. The van der Waals surface area contributed by atoms with Crippen LogP contribution in [0.1, 0.15) is 67.2 Å². The number of amides is 2. The number of alkyl halides is 4. The van der Waals surface area contributed by atoms with Crippen molar-refractivity contribution in [2.24, 2.45) is 0 Å². The van der Waals surface area contributed by atoms with Gasteiger partial charge in [-0.25, -0.2) is 48.3 Å². The summed E-state index contributed by atoms with van der Waals surface area (Å²) in [5.41, 5.74) is 0.495. The molecule has 6 fully saturated rings. The number of carbonyl (C=O) groups is 2. The maximum atomic E-state index is 14.8. The van der Waals surface area contributed by atoms with E-state index in [2.05, 4.69) is 49.8 Å². The second-order valence-electron chi connectivity index (χ2n) is 20.3. The summed E-state index contributed by atoms with van der Waals surface area (Å²) < 4.78 is 99.6. The molecule has 6 aliphatic rings. The third-order valence-corrected chi connectivity index (χ3v) is 13.6. The number of pyridine rings is 2. The molecule has 4 aromatic heterocycles. The van der Waals surface area contributed by atoms with E-state index in [9.17, 15) is 35.9 Å². The number of nitrogens with one attached hydrogen (secondary N) is 2. The van der Waals surface area contributed by atoms with E-state index in [0.717, 1.165) is 37.8 Å². The van der Waals surface area contributed by atoms with E-state index >= 15 is 0 Å². The second-order valence-corrected chi connectivity index (χ2v) is 21.1. The third-order valence-electron chi connectivity index (χ3n) is 12.9. The minimum Gasteiger partial charge on any atom is -0.444 e. The number of ether oxygens (including phenoxy) is 4. The first kappa shape index (κ1) is 53.7. The number of hydrogen-bond acceptors (Lipinski definition) is 16. The van der Waals surface area contributed by atoms with Gasteiger partial charge in [0.05, 0.1) is 34.5 Å². The van der Waals surface area contributed by atoms with Crippen LogP contribution < -0.4 is 29.9 Å². The fraction of sp³-hybridized carbons (Fsp3) is 0.440. The molecule has 0 aliphatic carbocycles. The number of halogens is 8. The molecule has 404 valence electrons. The van der Waals surface area contributed by atoms with Crippen molar-refractivity contribution in [3.05, 3.63) is 82.9 Å². The number of benzene rings is 2. The third kappa shape index (κ3) is 11.8. The fourth-order valence-corrected chi connectivity index (χ4v) is 9.97. The Labute approximate surface area is 442 Å². The Balaban J connectivity index is 0.000000186. The summed E-state index contributed by atoms with van der Waals surface area (Å²) in [4.78, 5) is 59.8. The largest absolute Gasteiger partial charge is 0.444 e. The van der Waals surface area contributed by atoms with E-state index in [4.69, 9.17) is 42.6 Å². The molecule has 0 radical (unpaired) electrons. The number of rotatable bonds is 10. The van der Waals surface area contributed by atoms with Crippen LogP contribution in [0.25, 0.3) is 22.1 Å². The summed E-state index contributed by atoms with van der Waals surface area (Å²) >= 11 is 11.8. The van der Waals surface area contributed by atoms with Crippen molar-refractivity contribution < 1.29 is 54.9 Å². The van der Waals surface area contributed by atoms with Crippen molar-refractivity contribution in [3.8, 4) is 11.5 Å². The van der Waals surface area contributed by atoms with Crippen LogP contribution in [0, 0.1) is 11.6 Å². The molecule has 6 aromatic rings. The van der Waals surface area contributed by atoms with E-state index < -0.39 is 57.6 Å². The van der Waals surface area contributed by atoms with Crippen LogP contribution in [0.5, 0.6) is 11.5 Å². The van der Waals surface area contributed by atoms with Crippen LogP contribution in [0.2, 0.25) is 10.0 Å². The van der Waals surface area contributed by atoms with E-state index in [0.29, 0.717) is 59.9 Å². The fourth-order valence-electron chi connectivity index (χ4n) is 9.55. The van der Waals surface area contributed by atoms with Crippen molar-refractivity contribution in [3.63, 3.8) is 0 Å². The van der Waals surface area contributed by atoms with Gasteiger partial charge in [0, 0.05) is 38.3 Å². The highest BCUT2D eigenvalue weighted by Crippen LogP contribution is 2.39. The molecule has 0 saturated carbocycles. The summed E-state index contributed by atoms with van der Waals surface area (Å²) in [6.07, 6.45) is 5.52. The molecule has 6 saturated heterocycles.